The summed E-state index contributed by atoms with van der Waals surface area (Å²) in [5, 5.41) is 0. The van der Waals surface area contributed by atoms with Gasteiger partial charge in [0.2, 0.25) is 5.91 Å². The molecular weight excluding hydrogens is 226 g/mol. The number of alkyl halides is 1. The highest BCUT2D eigenvalue weighted by Gasteiger charge is 2.20. The molecule has 0 N–H and O–H groups in total. The maximum absolute atomic E-state index is 11.5. The zero-order valence-corrected chi connectivity index (χ0v) is 9.96. The molecule has 0 unspecified atom stereocenters. The van der Waals surface area contributed by atoms with Crippen LogP contribution in [0.2, 0.25) is 0 Å². The highest BCUT2D eigenvalue weighted by atomic mass is 35.5. The van der Waals surface area contributed by atoms with Gasteiger partial charge in [0.05, 0.1) is 7.11 Å². The molecule has 3 nitrogen and oxygen atoms in total. The number of rotatable bonds is 2. The van der Waals surface area contributed by atoms with Crippen molar-refractivity contribution in [3.05, 3.63) is 29.3 Å². The van der Waals surface area contributed by atoms with Crippen molar-refractivity contribution in [2.45, 2.75) is 13.0 Å². The van der Waals surface area contributed by atoms with Crippen molar-refractivity contribution in [1.29, 1.82) is 0 Å². The first-order valence-electron chi connectivity index (χ1n) is 5.24. The minimum Gasteiger partial charge on any atom is -0.497 e. The Morgan fingerprint density at radius 2 is 2.31 bits per heavy atom. The molecule has 0 aliphatic carbocycles. The first-order valence-corrected chi connectivity index (χ1v) is 5.77. The maximum Gasteiger partial charge on any atom is 0.237 e. The number of fused-ring (bicyclic) bond motifs is 1. The number of ether oxygens (including phenoxy) is 1. The van der Waals surface area contributed by atoms with E-state index in [0.717, 1.165) is 24.3 Å². The number of methoxy groups -OCH3 is 1. The second-order valence-corrected chi connectivity index (χ2v) is 4.10. The van der Waals surface area contributed by atoms with Crippen LogP contribution in [0.3, 0.4) is 0 Å². The lowest BCUT2D eigenvalue weighted by atomic mass is 9.99. The number of amides is 1. The lowest BCUT2D eigenvalue weighted by molar-refractivity contribution is -0.129. The van der Waals surface area contributed by atoms with E-state index in [4.69, 9.17) is 16.3 Å². The van der Waals surface area contributed by atoms with Crippen LogP contribution in [-0.4, -0.2) is 30.3 Å². The van der Waals surface area contributed by atoms with Crippen LogP contribution in [-0.2, 0) is 17.8 Å². The molecule has 2 rings (SSSR count). The van der Waals surface area contributed by atoms with E-state index in [2.05, 4.69) is 6.07 Å². The molecule has 0 spiro atoms. The van der Waals surface area contributed by atoms with E-state index >= 15 is 0 Å². The summed E-state index contributed by atoms with van der Waals surface area (Å²) in [5.41, 5.74) is 2.45. The highest BCUT2D eigenvalue weighted by molar-refractivity contribution is 6.27. The van der Waals surface area contributed by atoms with Crippen LogP contribution < -0.4 is 4.74 Å². The predicted octanol–water partition coefficient (Wildman–Crippen LogP) is 1.82. The van der Waals surface area contributed by atoms with Gasteiger partial charge in [0, 0.05) is 13.1 Å². The molecule has 0 aromatic heterocycles. The Bertz CT molecular complexity index is 406. The summed E-state index contributed by atoms with van der Waals surface area (Å²) in [6.07, 6.45) is 0.891. The van der Waals surface area contributed by atoms with Gasteiger partial charge >= 0.3 is 0 Å². The number of halogens is 1. The number of hydrogen-bond acceptors (Lipinski definition) is 2. The third kappa shape index (κ3) is 2.14. The third-order valence-electron chi connectivity index (χ3n) is 2.89. The van der Waals surface area contributed by atoms with Crippen LogP contribution in [0.5, 0.6) is 5.75 Å². The Morgan fingerprint density at radius 3 is 3.00 bits per heavy atom. The van der Waals surface area contributed by atoms with Gasteiger partial charge in [0.1, 0.15) is 11.6 Å². The van der Waals surface area contributed by atoms with Crippen LogP contribution in [0.15, 0.2) is 18.2 Å². The van der Waals surface area contributed by atoms with Crippen LogP contribution in [0.25, 0.3) is 0 Å². The molecule has 1 aliphatic heterocycles. The molecule has 1 aliphatic rings. The Balaban J connectivity index is 2.21. The zero-order valence-electron chi connectivity index (χ0n) is 9.20. The van der Waals surface area contributed by atoms with Crippen molar-refractivity contribution in [3.63, 3.8) is 0 Å². The average Bonchev–Trinajstić information content (AvgIpc) is 2.36. The fourth-order valence-corrected chi connectivity index (χ4v) is 2.13. The fourth-order valence-electron chi connectivity index (χ4n) is 1.96. The number of carbonyl (C=O) groups excluding carboxylic acids is 1. The van der Waals surface area contributed by atoms with Crippen molar-refractivity contribution in [1.82, 2.24) is 4.90 Å². The molecule has 1 aromatic carbocycles. The van der Waals surface area contributed by atoms with Gasteiger partial charge in [-0.3, -0.25) is 4.79 Å². The van der Waals surface area contributed by atoms with E-state index in [-0.39, 0.29) is 11.8 Å². The van der Waals surface area contributed by atoms with Gasteiger partial charge in [-0.1, -0.05) is 6.07 Å². The molecule has 1 aromatic rings. The molecule has 0 atom stereocenters. The monoisotopic (exact) mass is 239 g/mol. The van der Waals surface area contributed by atoms with Crippen molar-refractivity contribution < 1.29 is 9.53 Å². The number of benzene rings is 1. The van der Waals surface area contributed by atoms with Crippen LogP contribution in [0.1, 0.15) is 11.1 Å². The lowest BCUT2D eigenvalue weighted by Crippen LogP contribution is -2.36. The summed E-state index contributed by atoms with van der Waals surface area (Å²) in [6, 6.07) is 6.01. The largest absolute Gasteiger partial charge is 0.497 e. The molecule has 86 valence electrons. The summed E-state index contributed by atoms with van der Waals surface area (Å²) < 4.78 is 5.17. The SMILES string of the molecule is COc1ccc2c(c1)CN(C(=O)CCl)CC2. The zero-order chi connectivity index (χ0) is 11.5. The van der Waals surface area contributed by atoms with Gasteiger partial charge in [0.25, 0.3) is 0 Å². The van der Waals surface area contributed by atoms with Gasteiger partial charge in [0.15, 0.2) is 0 Å². The number of nitrogens with zero attached hydrogens (tertiary/aromatic N) is 1. The van der Waals surface area contributed by atoms with Gasteiger partial charge in [-0.15, -0.1) is 11.6 Å². The van der Waals surface area contributed by atoms with Crippen molar-refractivity contribution in [2.75, 3.05) is 19.5 Å². The second kappa shape index (κ2) is 4.74. The molecule has 0 bridgehead atoms. The first-order chi connectivity index (χ1) is 7.74. The minimum atomic E-state index is -0.00450. The molecule has 0 saturated heterocycles. The van der Waals surface area contributed by atoms with E-state index in [1.807, 2.05) is 12.1 Å². The summed E-state index contributed by atoms with van der Waals surface area (Å²) in [4.78, 5) is 13.3. The van der Waals surface area contributed by atoms with Gasteiger partial charge in [-0.25, -0.2) is 0 Å². The summed E-state index contributed by atoms with van der Waals surface area (Å²) >= 11 is 5.56. The highest BCUT2D eigenvalue weighted by Crippen LogP contribution is 2.23. The average molecular weight is 240 g/mol. The Morgan fingerprint density at radius 1 is 1.50 bits per heavy atom. The number of hydrogen-bond donors (Lipinski definition) is 0. The molecule has 1 heterocycles. The maximum atomic E-state index is 11.5. The Labute approximate surface area is 100.0 Å². The van der Waals surface area contributed by atoms with Crippen molar-refractivity contribution >= 4 is 17.5 Å². The smallest absolute Gasteiger partial charge is 0.237 e. The minimum absolute atomic E-state index is 0.00450. The molecule has 1 amide bonds. The van der Waals surface area contributed by atoms with E-state index in [0.29, 0.717) is 6.54 Å². The van der Waals surface area contributed by atoms with E-state index in [9.17, 15) is 4.79 Å². The third-order valence-corrected chi connectivity index (χ3v) is 3.12. The van der Waals surface area contributed by atoms with E-state index in [1.165, 1.54) is 5.56 Å². The number of carbonyl (C=O) groups is 1. The van der Waals surface area contributed by atoms with E-state index < -0.39 is 0 Å². The van der Waals surface area contributed by atoms with Crippen molar-refractivity contribution in [2.24, 2.45) is 0 Å². The molecule has 0 radical (unpaired) electrons. The molecule has 16 heavy (non-hydrogen) atoms. The van der Waals surface area contributed by atoms with E-state index in [1.54, 1.807) is 12.0 Å². The molecule has 0 fully saturated rings. The van der Waals surface area contributed by atoms with Crippen LogP contribution in [0, 0.1) is 0 Å². The van der Waals surface area contributed by atoms with Gasteiger partial charge in [-0.2, -0.15) is 0 Å². The normalized spacial score (nSPS) is 14.5. The van der Waals surface area contributed by atoms with Crippen LogP contribution >= 0.6 is 11.6 Å². The van der Waals surface area contributed by atoms with Gasteiger partial charge < -0.3 is 9.64 Å². The first kappa shape index (κ1) is 11.3. The summed E-state index contributed by atoms with van der Waals surface area (Å²) in [5.74, 6) is 0.883. The second-order valence-electron chi connectivity index (χ2n) is 3.83. The van der Waals surface area contributed by atoms with Gasteiger partial charge in [-0.05, 0) is 29.7 Å². The van der Waals surface area contributed by atoms with Crippen molar-refractivity contribution in [3.8, 4) is 5.75 Å². The fraction of sp³-hybridized carbons (Fsp3) is 0.417. The standard InChI is InChI=1S/C12H14ClNO2/c1-16-11-3-2-9-4-5-14(12(15)7-13)8-10(9)6-11/h2-3,6H,4-5,7-8H2,1H3. The molecule has 4 heteroatoms. The Kier molecular flexibility index (Phi) is 3.34. The predicted molar refractivity (Wildman–Crippen MR) is 62.8 cm³/mol. The lowest BCUT2D eigenvalue weighted by Gasteiger charge is -2.28. The quantitative estimate of drug-likeness (QED) is 0.737. The van der Waals surface area contributed by atoms with Crippen LogP contribution in [0.4, 0.5) is 0 Å². The molecular formula is C12H14ClNO2. The molecule has 0 saturated carbocycles. The summed E-state index contributed by atoms with van der Waals surface area (Å²) in [7, 11) is 1.65. The Hall–Kier alpha value is -1.22. The summed E-state index contributed by atoms with van der Waals surface area (Å²) in [6.45, 7) is 1.39. The topological polar surface area (TPSA) is 29.5 Å².